The van der Waals surface area contributed by atoms with E-state index in [1.54, 1.807) is 42.7 Å². The van der Waals surface area contributed by atoms with Crippen LogP contribution < -0.4 is 4.73 Å². The van der Waals surface area contributed by atoms with Crippen LogP contribution in [0.15, 0.2) is 81.6 Å². The number of furan rings is 1. The third-order valence-electron chi connectivity index (χ3n) is 4.35. The first-order valence-electron chi connectivity index (χ1n) is 8.61. The Morgan fingerprint density at radius 3 is 2.79 bits per heavy atom. The molecule has 1 aliphatic rings. The highest BCUT2D eigenvalue weighted by molar-refractivity contribution is 7.99. The Balaban J connectivity index is 1.56. The van der Waals surface area contributed by atoms with E-state index in [1.807, 2.05) is 18.2 Å². The van der Waals surface area contributed by atoms with Gasteiger partial charge in [0.05, 0.1) is 17.7 Å². The van der Waals surface area contributed by atoms with Gasteiger partial charge in [-0.05, 0) is 47.7 Å². The van der Waals surface area contributed by atoms with Crippen LogP contribution in [0.4, 0.5) is 0 Å². The number of carbonyl (C=O) groups is 1. The van der Waals surface area contributed by atoms with Gasteiger partial charge in [0.2, 0.25) is 0 Å². The molecule has 1 amide bonds. The highest BCUT2D eigenvalue weighted by atomic mass is 35.5. The zero-order valence-electron chi connectivity index (χ0n) is 14.7. The predicted octanol–water partition coefficient (Wildman–Crippen LogP) is 4.04. The van der Waals surface area contributed by atoms with Gasteiger partial charge in [0.1, 0.15) is 11.8 Å². The minimum Gasteiger partial charge on any atom is -0.618 e. The summed E-state index contributed by atoms with van der Waals surface area (Å²) in [6, 6.07) is 15.8. The second-order valence-corrected chi connectivity index (χ2v) is 7.61. The number of nitrogens with zero attached hydrogens (tertiary/aromatic N) is 3. The van der Waals surface area contributed by atoms with E-state index in [2.05, 4.69) is 5.10 Å². The first-order chi connectivity index (χ1) is 13.6. The van der Waals surface area contributed by atoms with Crippen molar-refractivity contribution in [1.29, 1.82) is 0 Å². The molecule has 2 aromatic heterocycles. The lowest BCUT2D eigenvalue weighted by atomic mass is 10.0. The van der Waals surface area contributed by atoms with E-state index in [-0.39, 0.29) is 17.7 Å². The second kappa shape index (κ2) is 8.08. The number of thioether (sulfide) groups is 1. The summed E-state index contributed by atoms with van der Waals surface area (Å²) in [5, 5.41) is 18.9. The first kappa shape index (κ1) is 18.6. The lowest BCUT2D eigenvalue weighted by Crippen LogP contribution is -2.31. The highest BCUT2D eigenvalue weighted by Crippen LogP contribution is 2.34. The molecule has 3 heterocycles. The summed E-state index contributed by atoms with van der Waals surface area (Å²) in [4.78, 5) is 12.9. The average Bonchev–Trinajstić information content (AvgIpc) is 3.37. The molecule has 3 aromatic rings. The molecule has 0 spiro atoms. The Labute approximate surface area is 171 Å². The molecule has 0 radical (unpaired) electrons. The lowest BCUT2D eigenvalue weighted by molar-refractivity contribution is -0.645. The molecule has 0 aliphatic carbocycles. The minimum absolute atomic E-state index is 0.0981. The molecule has 1 atom stereocenters. The molecule has 6 nitrogen and oxygen atoms in total. The van der Waals surface area contributed by atoms with Gasteiger partial charge in [-0.1, -0.05) is 23.7 Å². The normalized spacial score (nSPS) is 16.2. The third kappa shape index (κ3) is 3.90. The van der Waals surface area contributed by atoms with Crippen LogP contribution in [0.5, 0.6) is 0 Å². The van der Waals surface area contributed by atoms with Crippen molar-refractivity contribution in [2.45, 2.75) is 17.5 Å². The van der Waals surface area contributed by atoms with Crippen LogP contribution in [0.25, 0.3) is 0 Å². The number of rotatable bonds is 5. The fourth-order valence-electron chi connectivity index (χ4n) is 2.99. The van der Waals surface area contributed by atoms with E-state index in [1.165, 1.54) is 23.0 Å². The maximum absolute atomic E-state index is 12.9. The number of halogens is 1. The molecule has 0 saturated carbocycles. The topological polar surface area (TPSA) is 72.8 Å². The fourth-order valence-corrected chi connectivity index (χ4v) is 3.88. The number of carbonyl (C=O) groups excluding carboxylic acids is 1. The summed E-state index contributed by atoms with van der Waals surface area (Å²) in [6.45, 7) is 0. The van der Waals surface area contributed by atoms with Crippen LogP contribution in [0.3, 0.4) is 0 Å². The van der Waals surface area contributed by atoms with E-state index < -0.39 is 0 Å². The van der Waals surface area contributed by atoms with Crippen LogP contribution >= 0.6 is 23.4 Å². The molecule has 0 N–H and O–H groups in total. The number of hydrogen-bond acceptors (Lipinski definition) is 5. The zero-order chi connectivity index (χ0) is 19.5. The average molecular weight is 414 g/mol. The van der Waals surface area contributed by atoms with Crippen LogP contribution in [0.1, 0.15) is 23.8 Å². The number of amides is 1. The standard InChI is InChI=1S/C20H16ClN3O3S/c21-15-8-6-14(7-9-15)16-12-17(18-4-3-11-27-18)24(22-16)19(25)13-28-20-5-1-2-10-23(20)26/h1-11,17H,12-13H2. The van der Waals surface area contributed by atoms with Crippen molar-refractivity contribution in [2.75, 3.05) is 5.75 Å². The summed E-state index contributed by atoms with van der Waals surface area (Å²) < 4.78 is 6.28. The molecule has 4 rings (SSSR count). The van der Waals surface area contributed by atoms with Gasteiger partial charge >= 0.3 is 0 Å². The summed E-state index contributed by atoms with van der Waals surface area (Å²) in [7, 11) is 0. The van der Waals surface area contributed by atoms with Gasteiger partial charge in [-0.2, -0.15) is 9.83 Å². The van der Waals surface area contributed by atoms with Crippen molar-refractivity contribution in [3.63, 3.8) is 0 Å². The van der Waals surface area contributed by atoms with Crippen molar-refractivity contribution >= 4 is 35.0 Å². The van der Waals surface area contributed by atoms with Crippen LogP contribution in [-0.2, 0) is 4.79 Å². The maximum atomic E-state index is 12.9. The Morgan fingerprint density at radius 2 is 2.07 bits per heavy atom. The summed E-state index contributed by atoms with van der Waals surface area (Å²) in [6.07, 6.45) is 3.53. The highest BCUT2D eigenvalue weighted by Gasteiger charge is 2.35. The van der Waals surface area contributed by atoms with Gasteiger partial charge in [0.15, 0.2) is 6.20 Å². The molecule has 8 heteroatoms. The molecule has 1 unspecified atom stereocenters. The van der Waals surface area contributed by atoms with Crippen LogP contribution in [-0.4, -0.2) is 22.4 Å². The molecule has 0 fully saturated rings. The quantitative estimate of drug-likeness (QED) is 0.359. The Bertz CT molecular complexity index is 1010. The van der Waals surface area contributed by atoms with Gasteiger partial charge in [-0.15, -0.1) is 0 Å². The van der Waals surface area contributed by atoms with Crippen molar-refractivity contribution < 1.29 is 13.9 Å². The third-order valence-corrected chi connectivity index (χ3v) is 5.60. The molecule has 142 valence electrons. The maximum Gasteiger partial charge on any atom is 0.253 e. The Kier molecular flexibility index (Phi) is 5.36. The van der Waals surface area contributed by atoms with Crippen LogP contribution in [0.2, 0.25) is 5.02 Å². The predicted molar refractivity (Wildman–Crippen MR) is 107 cm³/mol. The molecule has 0 saturated heterocycles. The van der Waals surface area contributed by atoms with Gasteiger partial charge < -0.3 is 9.62 Å². The summed E-state index contributed by atoms with van der Waals surface area (Å²) in [5.41, 5.74) is 1.69. The summed E-state index contributed by atoms with van der Waals surface area (Å²) in [5.74, 6) is 0.574. The number of aromatic nitrogens is 1. The van der Waals surface area contributed by atoms with Gasteiger partial charge in [0.25, 0.3) is 10.9 Å². The fraction of sp³-hybridized carbons (Fsp3) is 0.150. The summed E-state index contributed by atoms with van der Waals surface area (Å²) >= 11 is 7.15. The smallest absolute Gasteiger partial charge is 0.253 e. The van der Waals surface area contributed by atoms with Gasteiger partial charge in [0, 0.05) is 23.6 Å². The van der Waals surface area contributed by atoms with Crippen LogP contribution in [0, 0.1) is 5.21 Å². The monoisotopic (exact) mass is 413 g/mol. The van der Waals surface area contributed by atoms with Crippen molar-refractivity contribution in [2.24, 2.45) is 5.10 Å². The van der Waals surface area contributed by atoms with Crippen molar-refractivity contribution in [3.05, 3.63) is 88.6 Å². The minimum atomic E-state index is -0.316. The lowest BCUT2D eigenvalue weighted by Gasteiger charge is -2.19. The molecule has 28 heavy (non-hydrogen) atoms. The Hall–Kier alpha value is -2.77. The second-order valence-electron chi connectivity index (χ2n) is 6.18. The zero-order valence-corrected chi connectivity index (χ0v) is 16.3. The largest absolute Gasteiger partial charge is 0.618 e. The number of pyridine rings is 1. The first-order valence-corrected chi connectivity index (χ1v) is 9.98. The molecule has 1 aromatic carbocycles. The van der Waals surface area contributed by atoms with E-state index in [0.29, 0.717) is 22.2 Å². The van der Waals surface area contributed by atoms with Crippen molar-refractivity contribution in [3.8, 4) is 0 Å². The molecule has 1 aliphatic heterocycles. The van der Waals surface area contributed by atoms with E-state index >= 15 is 0 Å². The molecular formula is C20H16ClN3O3S. The van der Waals surface area contributed by atoms with Gasteiger partial charge in [-0.25, -0.2) is 5.01 Å². The number of hydrazone groups is 1. The number of benzene rings is 1. The van der Waals surface area contributed by atoms with Crippen molar-refractivity contribution in [1.82, 2.24) is 5.01 Å². The molecule has 0 bridgehead atoms. The van der Waals surface area contributed by atoms with E-state index in [9.17, 15) is 10.0 Å². The van der Waals surface area contributed by atoms with Gasteiger partial charge in [-0.3, -0.25) is 4.79 Å². The van der Waals surface area contributed by atoms with E-state index in [4.69, 9.17) is 16.0 Å². The SMILES string of the molecule is O=C(CSc1cccc[n+]1[O-])N1N=C(c2ccc(Cl)cc2)CC1c1ccco1. The van der Waals surface area contributed by atoms with E-state index in [0.717, 1.165) is 16.0 Å². The number of hydrogen-bond donors (Lipinski definition) is 0. The molecular weight excluding hydrogens is 398 g/mol. The Morgan fingerprint density at radius 1 is 1.25 bits per heavy atom.